The number of carbonyl (C=O) groups is 4. The molecule has 2 aliphatic carbocycles. The topological polar surface area (TPSA) is 195 Å². The van der Waals surface area contributed by atoms with Gasteiger partial charge in [-0.25, -0.2) is 23.2 Å². The summed E-state index contributed by atoms with van der Waals surface area (Å²) < 4.78 is 46.1. The van der Waals surface area contributed by atoms with E-state index in [-0.39, 0.29) is 25.3 Å². The molecule has 3 N–H and O–H groups in total. The zero-order valence-corrected chi connectivity index (χ0v) is 37.0. The second kappa shape index (κ2) is 16.9. The lowest BCUT2D eigenvalue weighted by atomic mass is 10.0. The number of allylic oxidation sites excluding steroid dienone is 1. The van der Waals surface area contributed by atoms with Gasteiger partial charge in [-0.15, -0.1) is 11.3 Å². The lowest BCUT2D eigenvalue weighted by molar-refractivity contribution is -0.141. The van der Waals surface area contributed by atoms with Gasteiger partial charge in [0.25, 0.3) is 5.91 Å². The molecule has 3 fully saturated rings. The number of carbonyl (C=O) groups excluding carboxylic acids is 4. The zero-order valence-electron chi connectivity index (χ0n) is 35.3. The molecule has 0 radical (unpaired) electrons. The molecular formula is C43H56N6O9S2. The molecule has 5 atom stereocenters. The van der Waals surface area contributed by atoms with E-state index in [1.165, 1.54) is 16.2 Å². The average molecular weight is 865 g/mol. The fourth-order valence-corrected chi connectivity index (χ4v) is 10.3. The SMILES string of the molecule is COc1ccc2c(O[C@@H]3C[C@H]4C(=O)N[C@]5(C(=O)NS(=O)(=O)C6CC6)C[C@H]5C=CCCCCC[C@@H](NC(=O)OC(C)(C)C)C(=O)N4C3)cc(-c3nc(C(C)C)cs3)nc2c1C. The Labute approximate surface area is 355 Å². The third kappa shape index (κ3) is 9.41. The van der Waals surface area contributed by atoms with E-state index in [4.69, 9.17) is 24.2 Å². The van der Waals surface area contributed by atoms with Gasteiger partial charge in [-0.3, -0.25) is 19.1 Å². The Morgan fingerprint density at radius 3 is 2.52 bits per heavy atom. The maximum atomic E-state index is 14.7. The summed E-state index contributed by atoms with van der Waals surface area (Å²) in [4.78, 5) is 67.6. The number of ether oxygens (including phenoxy) is 3. The molecule has 0 bridgehead atoms. The molecule has 0 spiro atoms. The van der Waals surface area contributed by atoms with Crippen LogP contribution in [0.5, 0.6) is 11.5 Å². The van der Waals surface area contributed by atoms with Crippen LogP contribution < -0.4 is 24.8 Å². The number of fused-ring (bicyclic) bond motifs is 3. The Balaban J connectivity index is 1.25. The van der Waals surface area contributed by atoms with Crippen LogP contribution in [0, 0.1) is 12.8 Å². The van der Waals surface area contributed by atoms with Crippen molar-refractivity contribution in [3.05, 3.63) is 47.0 Å². The highest BCUT2D eigenvalue weighted by molar-refractivity contribution is 7.91. The molecule has 324 valence electrons. The zero-order chi connectivity index (χ0) is 43.1. The van der Waals surface area contributed by atoms with Crippen LogP contribution in [0.2, 0.25) is 0 Å². The van der Waals surface area contributed by atoms with E-state index in [2.05, 4.69) is 29.2 Å². The number of amides is 4. The number of nitrogens with zero attached hydrogens (tertiary/aromatic N) is 3. The first-order valence-corrected chi connectivity index (χ1v) is 23.3. The Bertz CT molecular complexity index is 2300. The number of methoxy groups -OCH3 is 1. The van der Waals surface area contributed by atoms with Crippen LogP contribution in [0.25, 0.3) is 21.6 Å². The van der Waals surface area contributed by atoms with Gasteiger partial charge in [-0.2, -0.15) is 0 Å². The van der Waals surface area contributed by atoms with Gasteiger partial charge >= 0.3 is 6.09 Å². The molecule has 7 rings (SSSR count). The summed E-state index contributed by atoms with van der Waals surface area (Å²) in [5.41, 5.74) is 0.635. The van der Waals surface area contributed by atoms with Crippen LogP contribution >= 0.6 is 11.3 Å². The second-order valence-electron chi connectivity index (χ2n) is 17.7. The number of nitrogens with one attached hydrogen (secondary N) is 3. The predicted molar refractivity (Wildman–Crippen MR) is 227 cm³/mol. The summed E-state index contributed by atoms with van der Waals surface area (Å²) >= 11 is 1.48. The molecule has 0 unspecified atom stereocenters. The number of thiazole rings is 1. The molecule has 4 heterocycles. The third-order valence-corrected chi connectivity index (χ3v) is 14.2. The van der Waals surface area contributed by atoms with Crippen molar-refractivity contribution in [1.82, 2.24) is 30.2 Å². The molecule has 60 heavy (non-hydrogen) atoms. The fourth-order valence-electron chi connectivity index (χ4n) is 7.95. The van der Waals surface area contributed by atoms with Crippen molar-refractivity contribution in [1.29, 1.82) is 0 Å². The normalized spacial score (nSPS) is 25.1. The minimum atomic E-state index is -3.91. The maximum Gasteiger partial charge on any atom is 0.408 e. The van der Waals surface area contributed by atoms with Gasteiger partial charge in [-0.1, -0.05) is 38.8 Å². The van der Waals surface area contributed by atoms with Crippen molar-refractivity contribution in [2.75, 3.05) is 13.7 Å². The number of hydrogen-bond donors (Lipinski definition) is 3. The van der Waals surface area contributed by atoms with Crippen LogP contribution in [0.3, 0.4) is 0 Å². The first kappa shape index (κ1) is 43.3. The highest BCUT2D eigenvalue weighted by Crippen LogP contribution is 2.46. The monoisotopic (exact) mass is 864 g/mol. The minimum absolute atomic E-state index is 0.0228. The van der Waals surface area contributed by atoms with Gasteiger partial charge in [-0.05, 0) is 84.3 Å². The van der Waals surface area contributed by atoms with E-state index in [1.807, 2.05) is 42.7 Å². The molecule has 4 amide bonds. The second-order valence-corrected chi connectivity index (χ2v) is 20.5. The standard InChI is InChI=1S/C43H56N6O9S2/c1-24(2)32-23-59-38(45-32)31-20-35(29-17-18-34(56-7)25(3)36(29)44-31)57-27-19-33-37(50)47-43(40(52)48-60(54,55)28-15-16-28)21-26(43)13-11-9-8-10-12-14-30(39(51)49(33)22-27)46-41(53)58-42(4,5)6/h11,13,17-18,20,23-24,26-28,30,33H,8-10,12,14-16,19,21-22H2,1-7H3,(H,46,53)(H,47,50)(H,48,52)/t26-,27-,30-,33+,43-/m1/s1. The lowest BCUT2D eigenvalue weighted by Gasteiger charge is -2.30. The van der Waals surface area contributed by atoms with Gasteiger partial charge < -0.3 is 29.7 Å². The number of alkyl carbamates (subject to hydrolysis) is 1. The van der Waals surface area contributed by atoms with Crippen molar-refractivity contribution in [3.8, 4) is 22.2 Å². The molecule has 1 saturated heterocycles. The molecule has 1 aromatic carbocycles. The summed E-state index contributed by atoms with van der Waals surface area (Å²) in [6.07, 6.45) is 6.67. The number of aromatic nitrogens is 2. The van der Waals surface area contributed by atoms with E-state index >= 15 is 0 Å². The Morgan fingerprint density at radius 2 is 1.83 bits per heavy atom. The van der Waals surface area contributed by atoms with E-state index in [9.17, 15) is 27.6 Å². The van der Waals surface area contributed by atoms with Crippen molar-refractivity contribution in [2.45, 2.75) is 140 Å². The largest absolute Gasteiger partial charge is 0.496 e. The summed E-state index contributed by atoms with van der Waals surface area (Å²) in [6, 6.07) is 3.37. The van der Waals surface area contributed by atoms with Crippen molar-refractivity contribution < 1.29 is 41.8 Å². The molecule has 2 aromatic heterocycles. The van der Waals surface area contributed by atoms with Gasteiger partial charge in [0, 0.05) is 34.7 Å². The number of rotatable bonds is 9. The quantitative estimate of drug-likeness (QED) is 0.212. The first-order valence-electron chi connectivity index (χ1n) is 20.8. The van der Waals surface area contributed by atoms with E-state index in [1.54, 1.807) is 27.9 Å². The number of aryl methyl sites for hydroxylation is 1. The van der Waals surface area contributed by atoms with Crippen LogP contribution in [-0.4, -0.2) is 95.3 Å². The van der Waals surface area contributed by atoms with Crippen LogP contribution in [0.1, 0.15) is 110 Å². The Morgan fingerprint density at radius 1 is 1.07 bits per heavy atom. The van der Waals surface area contributed by atoms with Crippen molar-refractivity contribution in [3.63, 3.8) is 0 Å². The highest BCUT2D eigenvalue weighted by atomic mass is 32.2. The van der Waals surface area contributed by atoms with E-state index in [0.717, 1.165) is 24.1 Å². The fraction of sp³-hybridized carbons (Fsp3) is 0.581. The van der Waals surface area contributed by atoms with Crippen molar-refractivity contribution in [2.24, 2.45) is 5.92 Å². The van der Waals surface area contributed by atoms with Crippen LogP contribution in [0.4, 0.5) is 4.79 Å². The van der Waals surface area contributed by atoms with Gasteiger partial charge in [0.1, 0.15) is 51.5 Å². The van der Waals surface area contributed by atoms with E-state index in [0.29, 0.717) is 65.2 Å². The third-order valence-electron chi connectivity index (χ3n) is 11.5. The summed E-state index contributed by atoms with van der Waals surface area (Å²) in [5, 5.41) is 8.46. The lowest BCUT2D eigenvalue weighted by Crippen LogP contribution is -2.58. The van der Waals surface area contributed by atoms with Gasteiger partial charge in [0.05, 0.1) is 30.1 Å². The predicted octanol–water partition coefficient (Wildman–Crippen LogP) is 6.04. The van der Waals surface area contributed by atoms with E-state index < -0.39 is 74.3 Å². The van der Waals surface area contributed by atoms with Crippen LogP contribution in [0.15, 0.2) is 35.7 Å². The molecule has 17 heteroatoms. The van der Waals surface area contributed by atoms with Gasteiger partial charge in [0.15, 0.2) is 0 Å². The summed E-state index contributed by atoms with van der Waals surface area (Å²) in [5.74, 6) is -1.02. The first-order chi connectivity index (χ1) is 28.4. The highest BCUT2D eigenvalue weighted by Gasteiger charge is 2.62. The molecule has 4 aliphatic rings. The van der Waals surface area contributed by atoms with Crippen LogP contribution in [-0.2, 0) is 29.1 Å². The number of sulfonamides is 1. The smallest absolute Gasteiger partial charge is 0.408 e. The summed E-state index contributed by atoms with van der Waals surface area (Å²) in [7, 11) is -2.32. The van der Waals surface area contributed by atoms with Crippen molar-refractivity contribution >= 4 is 56.1 Å². The summed E-state index contributed by atoms with van der Waals surface area (Å²) in [6.45, 7) is 11.2. The number of pyridine rings is 1. The number of hydrogen-bond acceptors (Lipinski definition) is 12. The maximum absolute atomic E-state index is 14.7. The van der Waals surface area contributed by atoms with Gasteiger partial charge in [0.2, 0.25) is 21.8 Å². The number of benzene rings is 1. The molecular weight excluding hydrogens is 809 g/mol. The average Bonchev–Trinajstić information content (AvgIpc) is 4.05. The minimum Gasteiger partial charge on any atom is -0.496 e. The Hall–Kier alpha value is -4.77. The molecule has 3 aromatic rings. The molecule has 2 saturated carbocycles. The Kier molecular flexibility index (Phi) is 12.2. The molecule has 2 aliphatic heterocycles. The molecule has 15 nitrogen and oxygen atoms in total.